The van der Waals surface area contributed by atoms with Gasteiger partial charge in [-0.15, -0.1) is 0 Å². The lowest BCUT2D eigenvalue weighted by Gasteiger charge is -2.40. The van der Waals surface area contributed by atoms with E-state index in [2.05, 4.69) is 264 Å². The minimum absolute atomic E-state index is 0.477. The van der Waals surface area contributed by atoms with Gasteiger partial charge in [0, 0.05) is 38.7 Å². The molecule has 2 nitrogen and oxygen atoms in total. The maximum atomic E-state index is 2.52. The minimum atomic E-state index is -0.477. The smallest absolute Gasteiger partial charge is 0.0725 e. The summed E-state index contributed by atoms with van der Waals surface area (Å²) in [5.74, 6) is 0. The number of para-hydroxylation sites is 3. The molecule has 0 radical (unpaired) electrons. The van der Waals surface area contributed by atoms with Gasteiger partial charge in [-0.3, -0.25) is 0 Å². The molecule has 0 atom stereocenters. The minimum Gasteiger partial charge on any atom is -0.310 e. The van der Waals surface area contributed by atoms with Crippen molar-refractivity contribution in [2.75, 3.05) is 4.90 Å². The number of benzene rings is 11. The van der Waals surface area contributed by atoms with Crippen LogP contribution in [0.25, 0.3) is 82.8 Å². The second kappa shape index (κ2) is 14.7. The van der Waals surface area contributed by atoms with E-state index < -0.39 is 5.41 Å². The fourth-order valence-electron chi connectivity index (χ4n) is 12.0. The van der Waals surface area contributed by atoms with E-state index in [-0.39, 0.29) is 0 Å². The molecular formula is C65H42N2. The lowest BCUT2D eigenvalue weighted by atomic mass is 9.61. The molecule has 14 rings (SSSR count). The van der Waals surface area contributed by atoms with E-state index in [0.29, 0.717) is 0 Å². The fourth-order valence-corrected chi connectivity index (χ4v) is 12.0. The summed E-state index contributed by atoms with van der Waals surface area (Å²) in [6, 6.07) is 94.4. The number of rotatable bonds is 6. The summed E-state index contributed by atoms with van der Waals surface area (Å²) in [6.07, 6.45) is 0. The SMILES string of the molecule is c1ccc(-c2cccc(-c3ccccc3)c2-n2c3ccccc3c3ccc(N(c4ccccc4)c4ccc5c6c(cccc46)C4(c6ccccc6-c6ccccc64)c4ccccc4-5)cc32)cc1. The molecule has 0 N–H and O–H groups in total. The maximum Gasteiger partial charge on any atom is 0.0725 e. The van der Waals surface area contributed by atoms with Crippen molar-refractivity contribution in [3.05, 3.63) is 277 Å². The van der Waals surface area contributed by atoms with Crippen LogP contribution in [0.4, 0.5) is 17.1 Å². The third-order valence-corrected chi connectivity index (χ3v) is 14.6. The molecule has 0 aliphatic heterocycles. The molecule has 12 aromatic rings. The van der Waals surface area contributed by atoms with Crippen LogP contribution in [0.2, 0.25) is 0 Å². The Labute approximate surface area is 389 Å². The maximum absolute atomic E-state index is 2.52. The topological polar surface area (TPSA) is 8.17 Å². The van der Waals surface area contributed by atoms with Crippen LogP contribution < -0.4 is 4.90 Å². The first-order valence-corrected chi connectivity index (χ1v) is 23.3. The fraction of sp³-hybridized carbons (Fsp3) is 0.0154. The number of hydrogen-bond donors (Lipinski definition) is 0. The van der Waals surface area contributed by atoms with Crippen LogP contribution in [0.15, 0.2) is 255 Å². The van der Waals surface area contributed by atoms with Crippen LogP contribution in [0.1, 0.15) is 22.3 Å². The molecule has 2 heteroatoms. The van der Waals surface area contributed by atoms with Gasteiger partial charge >= 0.3 is 0 Å². The lowest BCUT2D eigenvalue weighted by molar-refractivity contribution is 0.773. The molecule has 0 unspecified atom stereocenters. The number of hydrogen-bond acceptors (Lipinski definition) is 1. The Morgan fingerprint density at radius 1 is 0.299 bits per heavy atom. The van der Waals surface area contributed by atoms with Crippen LogP contribution in [-0.4, -0.2) is 4.57 Å². The molecule has 0 amide bonds. The van der Waals surface area contributed by atoms with Crippen molar-refractivity contribution in [2.45, 2.75) is 5.41 Å². The molecule has 0 saturated carbocycles. The Bertz CT molecular complexity index is 3820. The van der Waals surface area contributed by atoms with Gasteiger partial charge in [0.05, 0.1) is 27.8 Å². The van der Waals surface area contributed by atoms with Crippen molar-refractivity contribution in [1.29, 1.82) is 0 Å². The normalized spacial score (nSPS) is 12.9. The second-order valence-corrected chi connectivity index (χ2v) is 17.9. The predicted molar refractivity (Wildman–Crippen MR) is 280 cm³/mol. The van der Waals surface area contributed by atoms with Crippen LogP contribution in [0.5, 0.6) is 0 Å². The van der Waals surface area contributed by atoms with Gasteiger partial charge in [0.1, 0.15) is 0 Å². The average Bonchev–Trinajstić information content (AvgIpc) is 3.89. The highest BCUT2D eigenvalue weighted by Gasteiger charge is 2.50. The van der Waals surface area contributed by atoms with Crippen molar-refractivity contribution in [2.24, 2.45) is 0 Å². The van der Waals surface area contributed by atoms with E-state index in [9.17, 15) is 0 Å². The van der Waals surface area contributed by atoms with Gasteiger partial charge in [-0.2, -0.15) is 0 Å². The predicted octanol–water partition coefficient (Wildman–Crippen LogP) is 17.1. The zero-order valence-electron chi connectivity index (χ0n) is 36.6. The lowest BCUT2D eigenvalue weighted by Crippen LogP contribution is -2.31. The van der Waals surface area contributed by atoms with Crippen molar-refractivity contribution in [1.82, 2.24) is 4.57 Å². The first-order valence-electron chi connectivity index (χ1n) is 23.3. The van der Waals surface area contributed by atoms with Crippen molar-refractivity contribution >= 4 is 49.6 Å². The quantitative estimate of drug-likeness (QED) is 0.162. The molecular weight excluding hydrogens is 809 g/mol. The summed E-state index contributed by atoms with van der Waals surface area (Å²) in [7, 11) is 0. The van der Waals surface area contributed by atoms with E-state index in [1.807, 2.05) is 0 Å². The molecule has 11 aromatic carbocycles. The van der Waals surface area contributed by atoms with Crippen LogP contribution in [-0.2, 0) is 5.41 Å². The van der Waals surface area contributed by atoms with Crippen molar-refractivity contribution < 1.29 is 0 Å². The highest BCUT2D eigenvalue weighted by Crippen LogP contribution is 2.62. The highest BCUT2D eigenvalue weighted by atomic mass is 15.1. The molecule has 67 heavy (non-hydrogen) atoms. The van der Waals surface area contributed by atoms with Gasteiger partial charge in [0.2, 0.25) is 0 Å². The summed E-state index contributed by atoms with van der Waals surface area (Å²) in [5, 5.41) is 4.95. The van der Waals surface area contributed by atoms with Crippen LogP contribution in [0, 0.1) is 0 Å². The molecule has 1 spiro atoms. The van der Waals surface area contributed by atoms with Gasteiger partial charge < -0.3 is 9.47 Å². The first kappa shape index (κ1) is 37.6. The molecule has 1 heterocycles. The summed E-state index contributed by atoms with van der Waals surface area (Å²) in [5.41, 5.74) is 21.6. The van der Waals surface area contributed by atoms with Crippen molar-refractivity contribution in [3.8, 4) is 50.2 Å². The first-order chi connectivity index (χ1) is 33.3. The summed E-state index contributed by atoms with van der Waals surface area (Å²) < 4.78 is 2.52. The van der Waals surface area contributed by atoms with E-state index >= 15 is 0 Å². The Balaban J connectivity index is 1.06. The average molecular weight is 851 g/mol. The van der Waals surface area contributed by atoms with E-state index in [4.69, 9.17) is 0 Å². The Morgan fingerprint density at radius 2 is 0.776 bits per heavy atom. The Kier molecular flexibility index (Phi) is 8.23. The van der Waals surface area contributed by atoms with Crippen LogP contribution in [0.3, 0.4) is 0 Å². The zero-order valence-corrected chi connectivity index (χ0v) is 36.6. The van der Waals surface area contributed by atoms with Gasteiger partial charge in [0.15, 0.2) is 0 Å². The monoisotopic (exact) mass is 850 g/mol. The number of nitrogens with zero attached hydrogens (tertiary/aromatic N) is 2. The summed E-state index contributed by atoms with van der Waals surface area (Å²) in [6.45, 7) is 0. The molecule has 0 fully saturated rings. The third-order valence-electron chi connectivity index (χ3n) is 14.6. The molecule has 2 aliphatic carbocycles. The molecule has 0 saturated heterocycles. The Morgan fingerprint density at radius 3 is 1.42 bits per heavy atom. The van der Waals surface area contributed by atoms with Crippen molar-refractivity contribution in [3.63, 3.8) is 0 Å². The summed E-state index contributed by atoms with van der Waals surface area (Å²) >= 11 is 0. The molecule has 312 valence electrons. The zero-order chi connectivity index (χ0) is 44.1. The molecule has 0 bridgehead atoms. The number of anilines is 3. The van der Waals surface area contributed by atoms with E-state index in [1.165, 1.54) is 93.8 Å². The van der Waals surface area contributed by atoms with Gasteiger partial charge in [-0.1, -0.05) is 218 Å². The van der Waals surface area contributed by atoms with E-state index in [1.54, 1.807) is 0 Å². The molecule has 2 aliphatic rings. The van der Waals surface area contributed by atoms with Gasteiger partial charge in [0.25, 0.3) is 0 Å². The Hall–Kier alpha value is -8.72. The van der Waals surface area contributed by atoms with Crippen LogP contribution >= 0.6 is 0 Å². The molecule has 1 aromatic heterocycles. The number of fused-ring (bicyclic) bond motifs is 12. The third kappa shape index (κ3) is 5.33. The standard InChI is InChI=1S/C65H42N2/c1-4-20-43(21-5-1)47-30-18-31-48(44-22-6-2-7-23-44)64(47)67-60-37-17-13-29-52(60)53-39-38-46(42-62(53)67)66(45-24-8-3-9-25-45)61-41-40-54-51-28-12-16-35-58(51)65(59-36-19-32-55(61)63(54)59)56-33-14-10-26-49(56)50-27-11-15-34-57(50)65/h1-42H. The largest absolute Gasteiger partial charge is 0.310 e. The summed E-state index contributed by atoms with van der Waals surface area (Å²) in [4.78, 5) is 2.48. The number of aromatic nitrogens is 1. The second-order valence-electron chi connectivity index (χ2n) is 17.9. The van der Waals surface area contributed by atoms with Gasteiger partial charge in [-0.05, 0) is 97.4 Å². The highest BCUT2D eigenvalue weighted by molar-refractivity contribution is 6.14. The van der Waals surface area contributed by atoms with E-state index in [0.717, 1.165) is 28.3 Å². The van der Waals surface area contributed by atoms with Gasteiger partial charge in [-0.25, -0.2) is 0 Å².